The van der Waals surface area contributed by atoms with Crippen molar-refractivity contribution in [1.82, 2.24) is 4.57 Å². The van der Waals surface area contributed by atoms with Crippen LogP contribution in [-0.4, -0.2) is 16.4 Å². The molecule has 2 aromatic carbocycles. The van der Waals surface area contributed by atoms with Gasteiger partial charge in [-0.2, -0.15) is 13.2 Å². The summed E-state index contributed by atoms with van der Waals surface area (Å²) in [6.07, 6.45) is -4.17. The van der Waals surface area contributed by atoms with Gasteiger partial charge in [0.2, 0.25) is 11.8 Å². The molecule has 6 nitrogen and oxygen atoms in total. The van der Waals surface area contributed by atoms with Crippen molar-refractivity contribution in [2.45, 2.75) is 25.6 Å². The zero-order valence-corrected chi connectivity index (χ0v) is 16.2. The van der Waals surface area contributed by atoms with Crippen LogP contribution in [0.5, 0.6) is 0 Å². The van der Waals surface area contributed by atoms with Crippen molar-refractivity contribution in [2.75, 3.05) is 5.32 Å². The van der Waals surface area contributed by atoms with Gasteiger partial charge in [-0.25, -0.2) is 4.39 Å². The summed E-state index contributed by atoms with van der Waals surface area (Å²) in [5.41, 5.74) is 3.08. The fourth-order valence-electron chi connectivity index (χ4n) is 3.15. The minimum Gasteiger partial charge on any atom is -0.368 e. The highest BCUT2D eigenvalue weighted by Crippen LogP contribution is 2.32. The number of primary amides is 1. The Kier molecular flexibility index (Phi) is 5.83. The number of benzene rings is 2. The van der Waals surface area contributed by atoms with E-state index in [2.05, 4.69) is 5.32 Å². The van der Waals surface area contributed by atoms with Gasteiger partial charge in [0.05, 0.1) is 12.0 Å². The standard InChI is InChI=1S/C21H17F4N3O3/c1-11(19(26)30)28-9-8-13-14(20(28)31)5-3-7-16(13)27-17(29)10-12-4-2-6-15(18(12)22)21(23,24)25/h2-9,11H,10H2,1H3,(H2,26,30)(H,27,29)/t11-/m0/s1. The average molecular weight is 435 g/mol. The molecule has 0 unspecified atom stereocenters. The largest absolute Gasteiger partial charge is 0.419 e. The number of nitrogens with one attached hydrogen (secondary N) is 1. The highest BCUT2D eigenvalue weighted by Gasteiger charge is 2.35. The van der Waals surface area contributed by atoms with E-state index >= 15 is 0 Å². The summed E-state index contributed by atoms with van der Waals surface area (Å²) in [4.78, 5) is 36.4. The molecule has 0 aliphatic rings. The van der Waals surface area contributed by atoms with Gasteiger partial charge in [0, 0.05) is 22.7 Å². The topological polar surface area (TPSA) is 94.2 Å². The molecule has 0 saturated carbocycles. The van der Waals surface area contributed by atoms with Gasteiger partial charge in [0.1, 0.15) is 11.9 Å². The molecule has 31 heavy (non-hydrogen) atoms. The molecule has 1 atom stereocenters. The molecule has 10 heteroatoms. The maximum absolute atomic E-state index is 14.2. The third kappa shape index (κ3) is 4.42. The van der Waals surface area contributed by atoms with E-state index in [0.29, 0.717) is 11.5 Å². The van der Waals surface area contributed by atoms with Crippen LogP contribution in [0.4, 0.5) is 23.2 Å². The van der Waals surface area contributed by atoms with Crippen molar-refractivity contribution in [3.05, 3.63) is 76.0 Å². The van der Waals surface area contributed by atoms with Crippen molar-refractivity contribution in [2.24, 2.45) is 5.73 Å². The van der Waals surface area contributed by atoms with Gasteiger partial charge in [-0.15, -0.1) is 0 Å². The van der Waals surface area contributed by atoms with E-state index in [1.165, 1.54) is 37.4 Å². The number of fused-ring (bicyclic) bond motifs is 1. The Morgan fingerprint density at radius 1 is 1.10 bits per heavy atom. The van der Waals surface area contributed by atoms with Crippen LogP contribution in [0.3, 0.4) is 0 Å². The molecular weight excluding hydrogens is 418 g/mol. The molecular formula is C21H17F4N3O3. The zero-order valence-electron chi connectivity index (χ0n) is 16.2. The second-order valence-corrected chi connectivity index (χ2v) is 6.87. The van der Waals surface area contributed by atoms with Gasteiger partial charge >= 0.3 is 6.18 Å². The van der Waals surface area contributed by atoms with E-state index in [9.17, 15) is 31.9 Å². The highest BCUT2D eigenvalue weighted by molar-refractivity contribution is 6.02. The average Bonchev–Trinajstić information content (AvgIpc) is 2.69. The number of amides is 2. The van der Waals surface area contributed by atoms with Crippen LogP contribution in [-0.2, 0) is 22.2 Å². The maximum atomic E-state index is 14.2. The van der Waals surface area contributed by atoms with Crippen LogP contribution in [0, 0.1) is 5.82 Å². The van der Waals surface area contributed by atoms with Crippen molar-refractivity contribution in [3.63, 3.8) is 0 Å². The predicted octanol–water partition coefficient (Wildman–Crippen LogP) is 3.39. The number of nitrogens with two attached hydrogens (primary N) is 1. The lowest BCUT2D eigenvalue weighted by Crippen LogP contribution is -2.31. The molecule has 0 fully saturated rings. The van der Waals surface area contributed by atoms with Crippen molar-refractivity contribution < 1.29 is 27.2 Å². The Labute approximate surface area is 173 Å². The first-order valence-electron chi connectivity index (χ1n) is 9.08. The minimum absolute atomic E-state index is 0.193. The van der Waals surface area contributed by atoms with Crippen molar-refractivity contribution in [3.8, 4) is 0 Å². The third-order valence-electron chi connectivity index (χ3n) is 4.81. The molecule has 0 aliphatic carbocycles. The molecule has 0 radical (unpaired) electrons. The fourth-order valence-corrected chi connectivity index (χ4v) is 3.15. The van der Waals surface area contributed by atoms with E-state index in [1.807, 2.05) is 0 Å². The summed E-state index contributed by atoms with van der Waals surface area (Å²) in [6, 6.07) is 7.79. The van der Waals surface area contributed by atoms with Gasteiger partial charge < -0.3 is 15.6 Å². The summed E-state index contributed by atoms with van der Waals surface area (Å²) in [5.74, 6) is -2.97. The Morgan fingerprint density at radius 2 is 1.77 bits per heavy atom. The van der Waals surface area contributed by atoms with Gasteiger partial charge in [-0.1, -0.05) is 18.2 Å². The number of alkyl halides is 3. The van der Waals surface area contributed by atoms with Crippen LogP contribution in [0.25, 0.3) is 10.8 Å². The molecule has 0 saturated heterocycles. The zero-order chi connectivity index (χ0) is 22.9. The monoisotopic (exact) mass is 435 g/mol. The molecule has 1 heterocycles. The summed E-state index contributed by atoms with van der Waals surface area (Å²) in [7, 11) is 0. The lowest BCUT2D eigenvalue weighted by molar-refractivity contribution is -0.140. The van der Waals surface area contributed by atoms with Gasteiger partial charge in [0.25, 0.3) is 5.56 Å². The lowest BCUT2D eigenvalue weighted by atomic mass is 10.1. The molecule has 3 N–H and O–H groups in total. The Morgan fingerprint density at radius 3 is 2.42 bits per heavy atom. The highest BCUT2D eigenvalue weighted by atomic mass is 19.4. The number of aromatic nitrogens is 1. The van der Waals surface area contributed by atoms with Crippen LogP contribution in [0.15, 0.2) is 53.5 Å². The van der Waals surface area contributed by atoms with Crippen molar-refractivity contribution >= 4 is 28.3 Å². The number of hydrogen-bond acceptors (Lipinski definition) is 3. The number of pyridine rings is 1. The molecule has 0 spiro atoms. The Bertz CT molecular complexity index is 1230. The van der Waals surface area contributed by atoms with Crippen LogP contribution < -0.4 is 16.6 Å². The van der Waals surface area contributed by atoms with E-state index < -0.39 is 53.0 Å². The summed E-state index contributed by atoms with van der Waals surface area (Å²) < 4.78 is 53.9. The number of nitrogens with zero attached hydrogens (tertiary/aromatic N) is 1. The van der Waals surface area contributed by atoms with Crippen LogP contribution in [0.2, 0.25) is 0 Å². The smallest absolute Gasteiger partial charge is 0.368 e. The van der Waals surface area contributed by atoms with Gasteiger partial charge in [-0.05, 0) is 36.8 Å². The molecule has 2 amide bonds. The summed E-state index contributed by atoms with van der Waals surface area (Å²) in [5, 5.41) is 3.03. The van der Waals surface area contributed by atoms with Gasteiger partial charge in [0.15, 0.2) is 0 Å². The fraction of sp³-hybridized carbons (Fsp3) is 0.190. The lowest BCUT2D eigenvalue weighted by Gasteiger charge is -2.14. The Balaban J connectivity index is 1.91. The minimum atomic E-state index is -4.88. The first-order valence-corrected chi connectivity index (χ1v) is 9.08. The number of hydrogen-bond donors (Lipinski definition) is 2. The van der Waals surface area contributed by atoms with E-state index in [1.54, 1.807) is 0 Å². The summed E-state index contributed by atoms with van der Waals surface area (Å²) in [6.45, 7) is 1.46. The number of anilines is 1. The van der Waals surface area contributed by atoms with Crippen molar-refractivity contribution in [1.29, 1.82) is 0 Å². The first kappa shape index (κ1) is 22.0. The van der Waals surface area contributed by atoms with E-state index in [-0.39, 0.29) is 11.1 Å². The number of rotatable bonds is 5. The number of carbonyl (C=O) groups is 2. The molecule has 3 aromatic rings. The predicted molar refractivity (Wildman–Crippen MR) is 106 cm³/mol. The summed E-state index contributed by atoms with van der Waals surface area (Å²) >= 11 is 0. The van der Waals surface area contributed by atoms with Crippen LogP contribution >= 0.6 is 0 Å². The quantitative estimate of drug-likeness (QED) is 0.602. The SMILES string of the molecule is C[C@@H](C(N)=O)n1ccc2c(NC(=O)Cc3cccc(C(F)(F)F)c3F)cccc2c1=O. The first-order chi connectivity index (χ1) is 14.5. The molecule has 1 aromatic heterocycles. The third-order valence-corrected chi connectivity index (χ3v) is 4.81. The normalized spacial score (nSPS) is 12.5. The molecule has 0 aliphatic heterocycles. The second kappa shape index (κ2) is 8.21. The maximum Gasteiger partial charge on any atom is 0.419 e. The molecule has 162 valence electrons. The molecule has 3 rings (SSSR count). The number of carbonyl (C=O) groups excluding carboxylic acids is 2. The van der Waals surface area contributed by atoms with E-state index in [0.717, 1.165) is 16.7 Å². The second-order valence-electron chi connectivity index (χ2n) is 6.87. The van der Waals surface area contributed by atoms with E-state index in [4.69, 9.17) is 5.73 Å². The van der Waals surface area contributed by atoms with Gasteiger partial charge in [-0.3, -0.25) is 14.4 Å². The Hall–Kier alpha value is -3.69. The molecule has 0 bridgehead atoms. The number of halogens is 4. The van der Waals surface area contributed by atoms with Crippen LogP contribution in [0.1, 0.15) is 24.1 Å².